The van der Waals surface area contributed by atoms with E-state index in [4.69, 9.17) is 4.99 Å². The molecule has 0 unspecified atom stereocenters. The third-order valence-corrected chi connectivity index (χ3v) is 4.97. The fourth-order valence-corrected chi connectivity index (χ4v) is 2.36. The minimum atomic E-state index is 0. The summed E-state index contributed by atoms with van der Waals surface area (Å²) in [5.41, 5.74) is 0.606. The first-order chi connectivity index (χ1) is 9.35. The topological polar surface area (TPSA) is 39.7 Å². The third-order valence-electron chi connectivity index (χ3n) is 4.97. The Morgan fingerprint density at radius 2 is 1.81 bits per heavy atom. The van der Waals surface area contributed by atoms with E-state index >= 15 is 0 Å². The van der Waals surface area contributed by atoms with Gasteiger partial charge in [-0.05, 0) is 59.5 Å². The van der Waals surface area contributed by atoms with E-state index in [-0.39, 0.29) is 29.5 Å². The zero-order valence-electron chi connectivity index (χ0n) is 14.8. The van der Waals surface area contributed by atoms with Crippen molar-refractivity contribution in [2.45, 2.75) is 58.9 Å². The molecule has 1 aliphatic carbocycles. The van der Waals surface area contributed by atoms with Crippen molar-refractivity contribution in [2.24, 2.45) is 10.4 Å². The molecule has 0 aromatic heterocycles. The Balaban J connectivity index is 0.00000400. The molecule has 1 fully saturated rings. The molecule has 0 aromatic carbocycles. The first kappa shape index (κ1) is 21.0. The van der Waals surface area contributed by atoms with Crippen molar-refractivity contribution in [1.29, 1.82) is 0 Å². The highest BCUT2D eigenvalue weighted by molar-refractivity contribution is 14.0. The van der Waals surface area contributed by atoms with Crippen molar-refractivity contribution in [3.05, 3.63) is 0 Å². The normalized spacial score (nSPS) is 18.0. The van der Waals surface area contributed by atoms with Crippen LogP contribution in [-0.2, 0) is 0 Å². The predicted molar refractivity (Wildman–Crippen MR) is 104 cm³/mol. The van der Waals surface area contributed by atoms with Gasteiger partial charge in [0.1, 0.15) is 0 Å². The van der Waals surface area contributed by atoms with Gasteiger partial charge in [0, 0.05) is 18.6 Å². The van der Waals surface area contributed by atoms with Gasteiger partial charge in [-0.25, -0.2) is 0 Å². The van der Waals surface area contributed by atoms with Gasteiger partial charge in [-0.1, -0.05) is 13.3 Å². The van der Waals surface area contributed by atoms with E-state index < -0.39 is 0 Å². The summed E-state index contributed by atoms with van der Waals surface area (Å²) in [5.74, 6) is 0.960. The molecule has 0 atom stereocenters. The largest absolute Gasteiger partial charge is 0.357 e. The number of rotatable bonds is 7. The van der Waals surface area contributed by atoms with E-state index in [9.17, 15) is 0 Å². The maximum Gasteiger partial charge on any atom is 0.191 e. The molecular weight excluding hydrogens is 375 g/mol. The summed E-state index contributed by atoms with van der Waals surface area (Å²) in [7, 11) is 4.21. The van der Waals surface area contributed by atoms with Crippen LogP contribution in [0.2, 0.25) is 0 Å². The van der Waals surface area contributed by atoms with Crippen molar-refractivity contribution in [3.8, 4) is 0 Å². The van der Waals surface area contributed by atoms with Gasteiger partial charge in [-0.15, -0.1) is 24.0 Å². The maximum atomic E-state index is 4.75. The summed E-state index contributed by atoms with van der Waals surface area (Å²) >= 11 is 0. The van der Waals surface area contributed by atoms with Crippen LogP contribution in [0, 0.1) is 5.41 Å². The van der Waals surface area contributed by atoms with Gasteiger partial charge < -0.3 is 15.5 Å². The number of hydrogen-bond donors (Lipinski definition) is 2. The highest BCUT2D eigenvalue weighted by Crippen LogP contribution is 2.42. The molecule has 126 valence electrons. The number of nitrogens with zero attached hydrogens (tertiary/aromatic N) is 2. The van der Waals surface area contributed by atoms with Crippen molar-refractivity contribution in [1.82, 2.24) is 15.5 Å². The number of aliphatic imine (C=N–C) groups is 1. The molecule has 0 amide bonds. The van der Waals surface area contributed by atoms with Crippen LogP contribution >= 0.6 is 24.0 Å². The van der Waals surface area contributed by atoms with E-state index in [1.165, 1.54) is 25.7 Å². The second kappa shape index (κ2) is 9.18. The fraction of sp³-hybridized carbons (Fsp3) is 0.938. The zero-order valence-corrected chi connectivity index (χ0v) is 17.1. The standard InChI is InChI=1S/C16H34N4.HI/c1-7-16(10-9-11-16)13-19-14(17-8-2)18-12-15(3,4)20(5)6;/h7-13H2,1-6H3,(H2,17,18,19);1H. The van der Waals surface area contributed by atoms with Crippen molar-refractivity contribution < 1.29 is 0 Å². The summed E-state index contributed by atoms with van der Waals surface area (Å²) in [6, 6.07) is 0. The van der Waals surface area contributed by atoms with Crippen molar-refractivity contribution in [2.75, 3.05) is 33.7 Å². The Bertz CT molecular complexity index is 317. The van der Waals surface area contributed by atoms with E-state index in [0.717, 1.165) is 25.6 Å². The van der Waals surface area contributed by atoms with Crippen molar-refractivity contribution >= 4 is 29.9 Å². The lowest BCUT2D eigenvalue weighted by atomic mass is 9.67. The van der Waals surface area contributed by atoms with Crippen LogP contribution in [0.3, 0.4) is 0 Å². The van der Waals surface area contributed by atoms with Crippen LogP contribution < -0.4 is 10.6 Å². The quantitative estimate of drug-likeness (QED) is 0.385. The number of guanidine groups is 1. The number of likely N-dealkylation sites (N-methyl/N-ethyl adjacent to an activating group) is 1. The average Bonchev–Trinajstić information content (AvgIpc) is 2.34. The summed E-state index contributed by atoms with van der Waals surface area (Å²) in [4.78, 5) is 6.98. The van der Waals surface area contributed by atoms with Gasteiger partial charge in [0.05, 0.1) is 6.54 Å². The molecule has 0 aliphatic heterocycles. The lowest BCUT2D eigenvalue weighted by Crippen LogP contribution is -2.47. The summed E-state index contributed by atoms with van der Waals surface area (Å²) in [6.45, 7) is 11.6. The maximum absolute atomic E-state index is 4.75. The molecule has 21 heavy (non-hydrogen) atoms. The Morgan fingerprint density at radius 1 is 1.19 bits per heavy atom. The average molecular weight is 410 g/mol. The molecule has 4 nitrogen and oxygen atoms in total. The SMILES string of the molecule is CCNC(=NCC(C)(C)N(C)C)NCC1(CC)CCC1.I. The zero-order chi connectivity index (χ0) is 15.2. The Labute approximate surface area is 148 Å². The van der Waals surface area contributed by atoms with Gasteiger partial charge in [0.15, 0.2) is 5.96 Å². The first-order valence-electron chi connectivity index (χ1n) is 8.05. The molecule has 5 heteroatoms. The van der Waals surface area contributed by atoms with Gasteiger partial charge >= 0.3 is 0 Å². The first-order valence-corrected chi connectivity index (χ1v) is 8.05. The highest BCUT2D eigenvalue weighted by Gasteiger charge is 2.34. The van der Waals surface area contributed by atoms with Crippen molar-refractivity contribution in [3.63, 3.8) is 0 Å². The monoisotopic (exact) mass is 410 g/mol. The van der Waals surface area contributed by atoms with E-state index in [0.29, 0.717) is 5.41 Å². The molecule has 1 saturated carbocycles. The molecule has 0 bridgehead atoms. The molecule has 0 spiro atoms. The van der Waals surface area contributed by atoms with Gasteiger partial charge in [0.2, 0.25) is 0 Å². The Morgan fingerprint density at radius 3 is 2.19 bits per heavy atom. The van der Waals surface area contributed by atoms with Crippen LogP contribution in [0.1, 0.15) is 53.4 Å². The fourth-order valence-electron chi connectivity index (χ4n) is 2.36. The molecular formula is C16H35IN4. The number of halogens is 1. The lowest BCUT2D eigenvalue weighted by molar-refractivity contribution is 0.131. The van der Waals surface area contributed by atoms with Crippen LogP contribution in [0.25, 0.3) is 0 Å². The number of hydrogen-bond acceptors (Lipinski definition) is 2. The molecule has 1 aliphatic rings. The summed E-state index contributed by atoms with van der Waals surface area (Å²) < 4.78 is 0. The van der Waals surface area contributed by atoms with E-state index in [1.54, 1.807) is 0 Å². The van der Waals surface area contributed by atoms with Crippen LogP contribution in [0.5, 0.6) is 0 Å². The highest BCUT2D eigenvalue weighted by atomic mass is 127. The number of nitrogens with one attached hydrogen (secondary N) is 2. The summed E-state index contributed by atoms with van der Waals surface area (Å²) in [6.07, 6.45) is 5.37. The van der Waals surface area contributed by atoms with Crippen LogP contribution in [0.15, 0.2) is 4.99 Å². The van der Waals surface area contributed by atoms with Crippen LogP contribution in [0.4, 0.5) is 0 Å². The van der Waals surface area contributed by atoms with Gasteiger partial charge in [-0.3, -0.25) is 4.99 Å². The minimum Gasteiger partial charge on any atom is -0.357 e. The van der Waals surface area contributed by atoms with Gasteiger partial charge in [-0.2, -0.15) is 0 Å². The Hall–Kier alpha value is -0.0400. The second-order valence-electron chi connectivity index (χ2n) is 6.96. The molecule has 2 N–H and O–H groups in total. The molecule has 0 aromatic rings. The summed E-state index contributed by atoms with van der Waals surface area (Å²) in [5, 5.41) is 6.91. The lowest BCUT2D eigenvalue weighted by Gasteiger charge is -2.41. The second-order valence-corrected chi connectivity index (χ2v) is 6.96. The predicted octanol–water partition coefficient (Wildman–Crippen LogP) is 3.08. The third kappa shape index (κ3) is 6.30. The van der Waals surface area contributed by atoms with E-state index in [1.807, 2.05) is 0 Å². The Kier molecular flexibility index (Phi) is 9.16. The van der Waals surface area contributed by atoms with Crippen LogP contribution in [-0.4, -0.2) is 50.1 Å². The minimum absolute atomic E-state index is 0. The van der Waals surface area contributed by atoms with Gasteiger partial charge in [0.25, 0.3) is 0 Å². The molecule has 0 heterocycles. The molecule has 0 radical (unpaired) electrons. The molecule has 0 saturated heterocycles. The molecule has 1 rings (SSSR count). The van der Waals surface area contributed by atoms with E-state index in [2.05, 4.69) is 57.3 Å². The smallest absolute Gasteiger partial charge is 0.191 e.